The first kappa shape index (κ1) is 13.0. The van der Waals surface area contributed by atoms with Crippen molar-refractivity contribution in [2.75, 3.05) is 11.2 Å². The van der Waals surface area contributed by atoms with Gasteiger partial charge in [-0.1, -0.05) is 18.5 Å². The summed E-state index contributed by atoms with van der Waals surface area (Å²) in [6, 6.07) is 1.91. The van der Waals surface area contributed by atoms with E-state index in [9.17, 15) is 0 Å². The first-order valence-electron chi connectivity index (χ1n) is 6.09. The van der Waals surface area contributed by atoms with Gasteiger partial charge in [-0.2, -0.15) is 0 Å². The van der Waals surface area contributed by atoms with Gasteiger partial charge in [0, 0.05) is 18.3 Å². The lowest BCUT2D eigenvalue weighted by molar-refractivity contribution is 0.287. The average Bonchev–Trinajstić information content (AvgIpc) is 2.35. The lowest BCUT2D eigenvalue weighted by Crippen LogP contribution is -2.43. The maximum atomic E-state index is 6.17. The molecular formula is C13H18Cl2N2. The molecule has 0 aliphatic heterocycles. The highest BCUT2D eigenvalue weighted by molar-refractivity contribution is 6.33. The van der Waals surface area contributed by atoms with E-state index in [1.54, 1.807) is 12.4 Å². The minimum Gasteiger partial charge on any atom is -0.377 e. The molecule has 2 rings (SSSR count). The Balaban J connectivity index is 2.12. The van der Waals surface area contributed by atoms with E-state index in [0.717, 1.165) is 24.4 Å². The molecule has 1 fully saturated rings. The molecule has 0 unspecified atom stereocenters. The number of halogens is 2. The molecule has 1 saturated carbocycles. The molecular weight excluding hydrogens is 255 g/mol. The first-order valence-corrected chi connectivity index (χ1v) is 7.00. The van der Waals surface area contributed by atoms with E-state index in [0.29, 0.717) is 10.9 Å². The van der Waals surface area contributed by atoms with Crippen molar-refractivity contribution < 1.29 is 0 Å². The molecule has 1 aromatic rings. The normalized spacial score (nSPS) is 29.0. The number of nitrogens with one attached hydrogen (secondary N) is 1. The number of aromatic nitrogens is 1. The largest absolute Gasteiger partial charge is 0.377 e. The number of anilines is 1. The summed E-state index contributed by atoms with van der Waals surface area (Å²) in [4.78, 5) is 3.99. The van der Waals surface area contributed by atoms with Gasteiger partial charge in [0.05, 0.1) is 16.2 Å². The van der Waals surface area contributed by atoms with Crippen molar-refractivity contribution in [3.63, 3.8) is 0 Å². The van der Waals surface area contributed by atoms with Crippen LogP contribution in [0.4, 0.5) is 5.69 Å². The zero-order valence-corrected chi connectivity index (χ0v) is 11.6. The second-order valence-electron chi connectivity index (χ2n) is 5.08. The molecule has 0 aromatic carbocycles. The molecule has 1 aromatic heterocycles. The molecule has 2 nitrogen and oxygen atoms in total. The lowest BCUT2D eigenvalue weighted by atomic mass is 9.78. The number of rotatable bonds is 3. The van der Waals surface area contributed by atoms with Gasteiger partial charge >= 0.3 is 0 Å². The third-order valence-electron chi connectivity index (χ3n) is 3.66. The van der Waals surface area contributed by atoms with Crippen LogP contribution in [-0.4, -0.2) is 16.4 Å². The predicted octanol–water partition coefficient (Wildman–Crippen LogP) is 4.33. The predicted molar refractivity (Wildman–Crippen MR) is 74.0 cm³/mol. The van der Waals surface area contributed by atoms with Crippen LogP contribution >= 0.6 is 23.2 Å². The summed E-state index contributed by atoms with van der Waals surface area (Å²) in [5.41, 5.74) is 0.941. The van der Waals surface area contributed by atoms with Crippen LogP contribution in [0.2, 0.25) is 5.02 Å². The fraction of sp³-hybridized carbons (Fsp3) is 0.615. The summed E-state index contributed by atoms with van der Waals surface area (Å²) in [6.45, 7) is 2.30. The maximum Gasteiger partial charge on any atom is 0.0820 e. The number of pyridine rings is 1. The summed E-state index contributed by atoms with van der Waals surface area (Å²) in [6.07, 6.45) is 8.08. The van der Waals surface area contributed by atoms with E-state index < -0.39 is 0 Å². The monoisotopic (exact) mass is 272 g/mol. The number of hydrogen-bond donors (Lipinski definition) is 1. The molecule has 0 bridgehead atoms. The fourth-order valence-electron chi connectivity index (χ4n) is 2.37. The molecule has 1 heterocycles. The zero-order valence-electron chi connectivity index (χ0n) is 10.0. The lowest BCUT2D eigenvalue weighted by Gasteiger charge is -2.39. The van der Waals surface area contributed by atoms with Crippen molar-refractivity contribution >= 4 is 28.9 Å². The molecule has 94 valence electrons. The van der Waals surface area contributed by atoms with Gasteiger partial charge in [-0.15, -0.1) is 11.6 Å². The molecule has 0 saturated heterocycles. The van der Waals surface area contributed by atoms with Crippen molar-refractivity contribution in [3.05, 3.63) is 23.5 Å². The van der Waals surface area contributed by atoms with Gasteiger partial charge in [0.15, 0.2) is 0 Å². The summed E-state index contributed by atoms with van der Waals surface area (Å²) in [5.74, 6) is 1.43. The van der Waals surface area contributed by atoms with Gasteiger partial charge in [0.25, 0.3) is 0 Å². The molecule has 1 aliphatic carbocycles. The Kier molecular flexibility index (Phi) is 4.16. The van der Waals surface area contributed by atoms with E-state index in [4.69, 9.17) is 23.2 Å². The Morgan fingerprint density at radius 2 is 2.18 bits per heavy atom. The van der Waals surface area contributed by atoms with Gasteiger partial charge in [0.1, 0.15) is 0 Å². The van der Waals surface area contributed by atoms with Gasteiger partial charge in [0.2, 0.25) is 0 Å². The molecule has 0 atom stereocenters. The number of alkyl halides is 1. The van der Waals surface area contributed by atoms with E-state index in [1.165, 1.54) is 12.8 Å². The molecule has 17 heavy (non-hydrogen) atoms. The van der Waals surface area contributed by atoms with Gasteiger partial charge in [-0.05, 0) is 37.7 Å². The highest BCUT2D eigenvalue weighted by Gasteiger charge is 2.33. The Labute approximate surface area is 113 Å². The van der Waals surface area contributed by atoms with Crippen molar-refractivity contribution in [3.8, 4) is 0 Å². The fourth-order valence-corrected chi connectivity index (χ4v) is 2.87. The van der Waals surface area contributed by atoms with Crippen LogP contribution < -0.4 is 5.32 Å². The second kappa shape index (κ2) is 5.45. The van der Waals surface area contributed by atoms with E-state index in [1.807, 2.05) is 6.07 Å². The Morgan fingerprint density at radius 3 is 2.76 bits per heavy atom. The van der Waals surface area contributed by atoms with Gasteiger partial charge in [-0.3, -0.25) is 4.98 Å². The van der Waals surface area contributed by atoms with Crippen LogP contribution in [0.3, 0.4) is 0 Å². The summed E-state index contributed by atoms with van der Waals surface area (Å²) < 4.78 is 0. The number of nitrogens with zero attached hydrogens (tertiary/aromatic N) is 1. The van der Waals surface area contributed by atoms with E-state index >= 15 is 0 Å². The SMILES string of the molecule is CC1CCC(CCl)(Nc2ccncc2Cl)CC1. The zero-order chi connectivity index (χ0) is 12.3. The quantitative estimate of drug-likeness (QED) is 0.829. The summed E-state index contributed by atoms with van der Waals surface area (Å²) >= 11 is 12.3. The highest BCUT2D eigenvalue weighted by Crippen LogP contribution is 2.36. The van der Waals surface area contributed by atoms with Crippen LogP contribution in [0.25, 0.3) is 0 Å². The Hall–Kier alpha value is -0.470. The van der Waals surface area contributed by atoms with Crippen molar-refractivity contribution in [2.24, 2.45) is 5.92 Å². The van der Waals surface area contributed by atoms with E-state index in [2.05, 4.69) is 17.2 Å². The summed E-state index contributed by atoms with van der Waals surface area (Å²) in [5, 5.41) is 4.19. The van der Waals surface area contributed by atoms with Crippen LogP contribution in [-0.2, 0) is 0 Å². The molecule has 1 N–H and O–H groups in total. The first-order chi connectivity index (χ1) is 8.15. The Morgan fingerprint density at radius 1 is 1.47 bits per heavy atom. The topological polar surface area (TPSA) is 24.9 Å². The van der Waals surface area contributed by atoms with Gasteiger partial charge in [-0.25, -0.2) is 0 Å². The maximum absolute atomic E-state index is 6.17. The van der Waals surface area contributed by atoms with Crippen LogP contribution in [0.5, 0.6) is 0 Å². The molecule has 0 amide bonds. The van der Waals surface area contributed by atoms with Crippen molar-refractivity contribution in [1.29, 1.82) is 0 Å². The minimum absolute atomic E-state index is 0.000934. The standard InChI is InChI=1S/C13H18Cl2N2/c1-10-2-5-13(9-14,6-3-10)17-12-4-7-16-8-11(12)15/h4,7-8,10H,2-3,5-6,9H2,1H3,(H,16,17). The molecule has 0 spiro atoms. The van der Waals surface area contributed by atoms with Crippen LogP contribution in [0.1, 0.15) is 32.6 Å². The van der Waals surface area contributed by atoms with E-state index in [-0.39, 0.29) is 5.54 Å². The molecule has 1 aliphatic rings. The van der Waals surface area contributed by atoms with Crippen molar-refractivity contribution in [1.82, 2.24) is 4.98 Å². The average molecular weight is 273 g/mol. The van der Waals surface area contributed by atoms with Crippen LogP contribution in [0.15, 0.2) is 18.5 Å². The Bertz CT molecular complexity index is 373. The third-order valence-corrected chi connectivity index (χ3v) is 4.47. The molecule has 0 radical (unpaired) electrons. The number of hydrogen-bond acceptors (Lipinski definition) is 2. The highest BCUT2D eigenvalue weighted by atomic mass is 35.5. The van der Waals surface area contributed by atoms with Crippen LogP contribution in [0, 0.1) is 5.92 Å². The van der Waals surface area contributed by atoms with Gasteiger partial charge < -0.3 is 5.32 Å². The smallest absolute Gasteiger partial charge is 0.0820 e. The minimum atomic E-state index is -0.000934. The second-order valence-corrected chi connectivity index (χ2v) is 5.75. The third kappa shape index (κ3) is 3.05. The summed E-state index contributed by atoms with van der Waals surface area (Å²) in [7, 11) is 0. The van der Waals surface area contributed by atoms with Crippen molar-refractivity contribution in [2.45, 2.75) is 38.1 Å². The molecule has 4 heteroatoms.